The maximum Gasteiger partial charge on any atom is 0.338 e. The molecule has 7 heteroatoms. The Labute approximate surface area is 163 Å². The third-order valence-electron chi connectivity index (χ3n) is 4.60. The SMILES string of the molecule is COC(=O)C1=C(c2ccc(OC)cc2)NC(=O)NC1c1ccc(N(C)C)cc1. The zero-order chi connectivity index (χ0) is 20.3. The molecule has 0 aliphatic carbocycles. The molecule has 2 aromatic rings. The van der Waals surface area contributed by atoms with E-state index in [1.165, 1.54) is 7.11 Å². The summed E-state index contributed by atoms with van der Waals surface area (Å²) in [4.78, 5) is 27.0. The Bertz CT molecular complexity index is 902. The van der Waals surface area contributed by atoms with Gasteiger partial charge < -0.3 is 25.0 Å². The van der Waals surface area contributed by atoms with E-state index in [1.807, 2.05) is 43.3 Å². The molecule has 0 saturated carbocycles. The smallest absolute Gasteiger partial charge is 0.338 e. The van der Waals surface area contributed by atoms with Crippen LogP contribution in [0, 0.1) is 0 Å². The second-order valence-electron chi connectivity index (χ2n) is 6.53. The van der Waals surface area contributed by atoms with Crippen LogP contribution >= 0.6 is 0 Å². The van der Waals surface area contributed by atoms with Crippen molar-refractivity contribution in [3.63, 3.8) is 0 Å². The van der Waals surface area contributed by atoms with Crippen LogP contribution in [0.4, 0.5) is 10.5 Å². The molecule has 0 aromatic heterocycles. The fourth-order valence-corrected chi connectivity index (χ4v) is 3.09. The second kappa shape index (κ2) is 8.04. The van der Waals surface area contributed by atoms with Crippen LogP contribution in [-0.2, 0) is 9.53 Å². The Morgan fingerprint density at radius 1 is 1.00 bits per heavy atom. The van der Waals surface area contributed by atoms with Crippen LogP contribution in [0.15, 0.2) is 54.1 Å². The maximum atomic E-state index is 12.6. The number of methoxy groups -OCH3 is 2. The zero-order valence-electron chi connectivity index (χ0n) is 16.3. The molecule has 0 radical (unpaired) electrons. The highest BCUT2D eigenvalue weighted by molar-refractivity contribution is 6.04. The van der Waals surface area contributed by atoms with E-state index in [0.29, 0.717) is 22.6 Å². The Hall–Kier alpha value is -3.48. The molecule has 2 amide bonds. The predicted octanol–water partition coefficient (Wildman–Crippen LogP) is 2.70. The van der Waals surface area contributed by atoms with Crippen LogP contribution in [0.2, 0.25) is 0 Å². The van der Waals surface area contributed by atoms with E-state index in [-0.39, 0.29) is 6.03 Å². The van der Waals surface area contributed by atoms with Gasteiger partial charge in [-0.1, -0.05) is 12.1 Å². The molecule has 0 saturated heterocycles. The fraction of sp³-hybridized carbons (Fsp3) is 0.238. The number of hydrogen-bond donors (Lipinski definition) is 2. The second-order valence-corrected chi connectivity index (χ2v) is 6.53. The molecule has 28 heavy (non-hydrogen) atoms. The van der Waals surface area contributed by atoms with Gasteiger partial charge in [-0.25, -0.2) is 9.59 Å². The minimum atomic E-state index is -0.630. The molecular weight excluding hydrogens is 358 g/mol. The molecule has 0 bridgehead atoms. The summed E-state index contributed by atoms with van der Waals surface area (Å²) in [6.45, 7) is 0. The van der Waals surface area contributed by atoms with Crippen molar-refractivity contribution in [2.75, 3.05) is 33.2 Å². The summed E-state index contributed by atoms with van der Waals surface area (Å²) in [6.07, 6.45) is 0. The number of ether oxygens (including phenoxy) is 2. The first kappa shape index (κ1) is 19.3. The van der Waals surface area contributed by atoms with Crippen LogP contribution in [0.1, 0.15) is 17.2 Å². The van der Waals surface area contributed by atoms with Gasteiger partial charge in [-0.3, -0.25) is 0 Å². The molecule has 2 N–H and O–H groups in total. The normalized spacial score (nSPS) is 16.1. The van der Waals surface area contributed by atoms with Gasteiger partial charge in [0.2, 0.25) is 0 Å². The monoisotopic (exact) mass is 381 g/mol. The Balaban J connectivity index is 2.11. The van der Waals surface area contributed by atoms with Gasteiger partial charge in [-0.2, -0.15) is 0 Å². The Morgan fingerprint density at radius 2 is 1.64 bits per heavy atom. The number of nitrogens with one attached hydrogen (secondary N) is 2. The Kier molecular flexibility index (Phi) is 5.54. The zero-order valence-corrected chi connectivity index (χ0v) is 16.3. The predicted molar refractivity (Wildman–Crippen MR) is 107 cm³/mol. The number of esters is 1. The lowest BCUT2D eigenvalue weighted by atomic mass is 9.92. The van der Waals surface area contributed by atoms with Crippen molar-refractivity contribution in [1.82, 2.24) is 10.6 Å². The van der Waals surface area contributed by atoms with E-state index in [2.05, 4.69) is 10.6 Å². The number of carbonyl (C=O) groups excluding carboxylic acids is 2. The lowest BCUT2D eigenvalue weighted by molar-refractivity contribution is -0.136. The molecule has 1 atom stereocenters. The highest BCUT2D eigenvalue weighted by atomic mass is 16.5. The van der Waals surface area contributed by atoms with Gasteiger partial charge in [-0.05, 0) is 47.5 Å². The molecule has 2 aromatic carbocycles. The van der Waals surface area contributed by atoms with Crippen LogP contribution < -0.4 is 20.3 Å². The largest absolute Gasteiger partial charge is 0.497 e. The van der Waals surface area contributed by atoms with Gasteiger partial charge in [0.05, 0.1) is 31.5 Å². The first-order valence-corrected chi connectivity index (χ1v) is 8.76. The summed E-state index contributed by atoms with van der Waals surface area (Å²) in [7, 11) is 6.79. The summed E-state index contributed by atoms with van der Waals surface area (Å²) in [5, 5.41) is 5.57. The van der Waals surface area contributed by atoms with Gasteiger partial charge in [0.1, 0.15) is 5.75 Å². The third kappa shape index (κ3) is 3.78. The van der Waals surface area contributed by atoms with E-state index in [1.54, 1.807) is 31.4 Å². The summed E-state index contributed by atoms with van der Waals surface area (Å²) in [6, 6.07) is 13.7. The maximum absolute atomic E-state index is 12.6. The van der Waals surface area contributed by atoms with E-state index < -0.39 is 12.0 Å². The van der Waals surface area contributed by atoms with Gasteiger partial charge >= 0.3 is 12.0 Å². The van der Waals surface area contributed by atoms with Crippen LogP contribution in [0.25, 0.3) is 5.70 Å². The highest BCUT2D eigenvalue weighted by Gasteiger charge is 2.34. The number of benzene rings is 2. The lowest BCUT2D eigenvalue weighted by Crippen LogP contribution is -2.45. The quantitative estimate of drug-likeness (QED) is 0.779. The van der Waals surface area contributed by atoms with Crippen molar-refractivity contribution in [2.24, 2.45) is 0 Å². The van der Waals surface area contributed by atoms with Crippen molar-refractivity contribution < 1.29 is 19.1 Å². The van der Waals surface area contributed by atoms with Crippen molar-refractivity contribution in [3.05, 3.63) is 65.2 Å². The number of urea groups is 1. The number of anilines is 1. The summed E-state index contributed by atoms with van der Waals surface area (Å²) in [5.41, 5.74) is 3.24. The minimum Gasteiger partial charge on any atom is -0.497 e. The van der Waals surface area contributed by atoms with Crippen molar-refractivity contribution in [1.29, 1.82) is 0 Å². The molecule has 1 aliphatic rings. The van der Waals surface area contributed by atoms with Crippen molar-refractivity contribution >= 4 is 23.4 Å². The van der Waals surface area contributed by atoms with Crippen molar-refractivity contribution in [2.45, 2.75) is 6.04 Å². The summed E-state index contributed by atoms with van der Waals surface area (Å²) in [5.74, 6) is 0.167. The van der Waals surface area contributed by atoms with Crippen LogP contribution in [0.3, 0.4) is 0 Å². The molecule has 1 aliphatic heterocycles. The van der Waals surface area contributed by atoms with Gasteiger partial charge in [0, 0.05) is 19.8 Å². The van der Waals surface area contributed by atoms with Crippen molar-refractivity contribution in [3.8, 4) is 5.75 Å². The van der Waals surface area contributed by atoms with E-state index in [4.69, 9.17) is 9.47 Å². The number of hydrogen-bond acceptors (Lipinski definition) is 5. The van der Waals surface area contributed by atoms with Gasteiger partial charge in [0.15, 0.2) is 0 Å². The van der Waals surface area contributed by atoms with E-state index in [0.717, 1.165) is 11.3 Å². The van der Waals surface area contributed by atoms with Gasteiger partial charge in [0.25, 0.3) is 0 Å². The fourth-order valence-electron chi connectivity index (χ4n) is 3.09. The molecule has 3 rings (SSSR count). The Morgan fingerprint density at radius 3 is 2.18 bits per heavy atom. The number of nitrogens with zero attached hydrogens (tertiary/aromatic N) is 1. The molecule has 7 nitrogen and oxygen atoms in total. The van der Waals surface area contributed by atoms with E-state index in [9.17, 15) is 9.59 Å². The number of amides is 2. The number of carbonyl (C=O) groups is 2. The van der Waals surface area contributed by atoms with Gasteiger partial charge in [-0.15, -0.1) is 0 Å². The average Bonchev–Trinajstić information content (AvgIpc) is 2.72. The summed E-state index contributed by atoms with van der Waals surface area (Å²) < 4.78 is 10.2. The summed E-state index contributed by atoms with van der Waals surface area (Å²) >= 11 is 0. The lowest BCUT2D eigenvalue weighted by Gasteiger charge is -2.29. The molecule has 0 fully saturated rings. The minimum absolute atomic E-state index is 0.338. The standard InChI is InChI=1S/C21H23N3O4/c1-24(2)15-9-5-13(6-10-15)18-17(20(25)28-4)19(23-21(26)22-18)14-7-11-16(27-3)12-8-14/h5-12,18H,1-4H3,(H2,22,23,26). The highest BCUT2D eigenvalue weighted by Crippen LogP contribution is 2.33. The first-order chi connectivity index (χ1) is 13.4. The average molecular weight is 381 g/mol. The van der Waals surface area contributed by atoms with Crippen LogP contribution in [-0.4, -0.2) is 40.3 Å². The van der Waals surface area contributed by atoms with Crippen LogP contribution in [0.5, 0.6) is 5.75 Å². The number of rotatable bonds is 5. The third-order valence-corrected chi connectivity index (χ3v) is 4.60. The molecule has 1 unspecified atom stereocenters. The molecular formula is C21H23N3O4. The molecule has 1 heterocycles. The molecule has 146 valence electrons. The van der Waals surface area contributed by atoms with E-state index >= 15 is 0 Å². The first-order valence-electron chi connectivity index (χ1n) is 8.76. The topological polar surface area (TPSA) is 79.9 Å². The molecule has 0 spiro atoms.